The maximum atomic E-state index is 11.4. The van der Waals surface area contributed by atoms with Crippen molar-refractivity contribution in [1.82, 2.24) is 0 Å². The molecule has 1 atom stereocenters. The molecule has 4 heteroatoms. The van der Waals surface area contributed by atoms with Crippen molar-refractivity contribution in [2.75, 3.05) is 13.7 Å². The van der Waals surface area contributed by atoms with Crippen LogP contribution >= 0.6 is 0 Å². The molecule has 0 aliphatic heterocycles. The van der Waals surface area contributed by atoms with Gasteiger partial charge in [-0.25, -0.2) is 0 Å². The Morgan fingerprint density at radius 3 is 2.79 bits per heavy atom. The number of hydrogen-bond donors (Lipinski definition) is 1. The van der Waals surface area contributed by atoms with Crippen LogP contribution in [0.3, 0.4) is 0 Å². The molecule has 4 nitrogen and oxygen atoms in total. The molecular formula is C15H21NO3. The van der Waals surface area contributed by atoms with Crippen LogP contribution in [0, 0.1) is 0 Å². The number of carbonyl (C=O) groups excluding carboxylic acids is 1. The van der Waals surface area contributed by atoms with E-state index >= 15 is 0 Å². The number of rotatable bonds is 5. The van der Waals surface area contributed by atoms with Gasteiger partial charge in [-0.05, 0) is 48.9 Å². The summed E-state index contributed by atoms with van der Waals surface area (Å²) in [5.41, 5.74) is 9.69. The molecule has 104 valence electrons. The summed E-state index contributed by atoms with van der Waals surface area (Å²) in [4.78, 5) is 11.4. The van der Waals surface area contributed by atoms with Crippen LogP contribution in [0.1, 0.15) is 30.0 Å². The van der Waals surface area contributed by atoms with Gasteiger partial charge in [-0.2, -0.15) is 0 Å². The molecule has 1 aliphatic rings. The average Bonchev–Trinajstić information content (AvgIpc) is 2.77. The number of fused-ring (bicyclic) bond motifs is 1. The third-order valence-corrected chi connectivity index (χ3v) is 3.54. The molecule has 0 saturated carbocycles. The Labute approximate surface area is 113 Å². The Kier molecular flexibility index (Phi) is 4.43. The van der Waals surface area contributed by atoms with Crippen LogP contribution in [0.2, 0.25) is 0 Å². The van der Waals surface area contributed by atoms with Gasteiger partial charge in [0, 0.05) is 12.5 Å². The Morgan fingerprint density at radius 2 is 2.11 bits per heavy atom. The summed E-state index contributed by atoms with van der Waals surface area (Å²) in [7, 11) is 1.68. The van der Waals surface area contributed by atoms with Crippen molar-refractivity contribution in [3.8, 4) is 5.75 Å². The van der Waals surface area contributed by atoms with E-state index in [1.54, 1.807) is 7.11 Å². The molecule has 2 rings (SSSR count). The van der Waals surface area contributed by atoms with Crippen LogP contribution in [0.4, 0.5) is 0 Å². The minimum Gasteiger partial charge on any atom is -0.496 e. The second kappa shape index (κ2) is 6.06. The highest BCUT2D eigenvalue weighted by atomic mass is 16.5. The number of methoxy groups -OCH3 is 1. The summed E-state index contributed by atoms with van der Waals surface area (Å²) >= 11 is 0. The van der Waals surface area contributed by atoms with Gasteiger partial charge in [0.1, 0.15) is 5.75 Å². The number of hydrogen-bond acceptors (Lipinski definition) is 4. The van der Waals surface area contributed by atoms with E-state index in [0.29, 0.717) is 19.4 Å². The molecule has 0 bridgehead atoms. The van der Waals surface area contributed by atoms with Crippen LogP contribution in [0.15, 0.2) is 12.1 Å². The predicted octanol–water partition coefficient (Wildman–Crippen LogP) is 1.62. The summed E-state index contributed by atoms with van der Waals surface area (Å²) in [6.45, 7) is 2.26. The summed E-state index contributed by atoms with van der Waals surface area (Å²) in [6, 6.07) is 4.17. The average molecular weight is 263 g/mol. The SMILES string of the molecule is CCOC(=O)CCc1ccc(OC)c2c1CC(N)C2. The summed E-state index contributed by atoms with van der Waals surface area (Å²) < 4.78 is 10.3. The fourth-order valence-electron chi connectivity index (χ4n) is 2.69. The highest BCUT2D eigenvalue weighted by Gasteiger charge is 2.24. The molecule has 0 fully saturated rings. The fraction of sp³-hybridized carbons (Fsp3) is 0.533. The first kappa shape index (κ1) is 13.9. The van der Waals surface area contributed by atoms with Gasteiger partial charge in [-0.3, -0.25) is 4.79 Å². The van der Waals surface area contributed by atoms with Crippen molar-refractivity contribution >= 4 is 5.97 Å². The van der Waals surface area contributed by atoms with Crippen LogP contribution in [-0.2, 0) is 28.8 Å². The van der Waals surface area contributed by atoms with Crippen molar-refractivity contribution in [3.63, 3.8) is 0 Å². The normalized spacial score (nSPS) is 17.1. The van der Waals surface area contributed by atoms with Crippen LogP contribution < -0.4 is 10.5 Å². The second-order valence-electron chi connectivity index (χ2n) is 4.86. The Hall–Kier alpha value is -1.55. The lowest BCUT2D eigenvalue weighted by atomic mass is 9.99. The van der Waals surface area contributed by atoms with E-state index in [4.69, 9.17) is 15.2 Å². The zero-order chi connectivity index (χ0) is 13.8. The predicted molar refractivity (Wildman–Crippen MR) is 73.3 cm³/mol. The standard InChI is InChI=1S/C15H21NO3/c1-3-19-15(17)7-5-10-4-6-14(18-2)13-9-11(16)8-12(10)13/h4,6,11H,3,5,7-9,16H2,1-2H3. The highest BCUT2D eigenvalue weighted by molar-refractivity contribution is 5.69. The zero-order valence-corrected chi connectivity index (χ0v) is 11.6. The van der Waals surface area contributed by atoms with E-state index in [2.05, 4.69) is 0 Å². The molecule has 0 radical (unpaired) electrons. The lowest BCUT2D eigenvalue weighted by molar-refractivity contribution is -0.143. The molecule has 0 amide bonds. The van der Waals surface area contributed by atoms with E-state index < -0.39 is 0 Å². The summed E-state index contributed by atoms with van der Waals surface area (Å²) in [6.07, 6.45) is 2.84. The van der Waals surface area contributed by atoms with Gasteiger partial charge in [-0.1, -0.05) is 6.07 Å². The largest absolute Gasteiger partial charge is 0.496 e. The lowest BCUT2D eigenvalue weighted by Crippen LogP contribution is -2.19. The van der Waals surface area contributed by atoms with Crippen LogP contribution in [-0.4, -0.2) is 25.7 Å². The van der Waals surface area contributed by atoms with Gasteiger partial charge < -0.3 is 15.2 Å². The zero-order valence-electron chi connectivity index (χ0n) is 11.6. The molecule has 0 saturated heterocycles. The lowest BCUT2D eigenvalue weighted by Gasteiger charge is -2.11. The molecule has 0 spiro atoms. The van der Waals surface area contributed by atoms with Gasteiger partial charge in [0.25, 0.3) is 0 Å². The highest BCUT2D eigenvalue weighted by Crippen LogP contribution is 2.33. The van der Waals surface area contributed by atoms with E-state index in [9.17, 15) is 4.79 Å². The maximum absolute atomic E-state index is 11.4. The third-order valence-electron chi connectivity index (χ3n) is 3.54. The summed E-state index contributed by atoms with van der Waals surface area (Å²) in [5, 5.41) is 0. The number of benzene rings is 1. The number of carbonyl (C=O) groups is 1. The minimum atomic E-state index is -0.144. The smallest absolute Gasteiger partial charge is 0.306 e. The van der Waals surface area contributed by atoms with E-state index in [0.717, 1.165) is 18.6 Å². The topological polar surface area (TPSA) is 61.5 Å². The van der Waals surface area contributed by atoms with Gasteiger partial charge in [0.05, 0.1) is 13.7 Å². The Bertz CT molecular complexity index is 471. The molecule has 0 aromatic heterocycles. The number of ether oxygens (including phenoxy) is 2. The van der Waals surface area contributed by atoms with Crippen LogP contribution in [0.5, 0.6) is 5.75 Å². The monoisotopic (exact) mass is 263 g/mol. The van der Waals surface area contributed by atoms with Crippen LogP contribution in [0.25, 0.3) is 0 Å². The number of nitrogens with two attached hydrogens (primary N) is 1. The first-order valence-electron chi connectivity index (χ1n) is 6.74. The van der Waals surface area contributed by atoms with Gasteiger partial charge in [0.15, 0.2) is 0 Å². The van der Waals surface area contributed by atoms with Crippen molar-refractivity contribution in [2.24, 2.45) is 5.73 Å². The number of aryl methyl sites for hydroxylation is 1. The molecule has 0 heterocycles. The van der Waals surface area contributed by atoms with Gasteiger partial charge >= 0.3 is 5.97 Å². The molecule has 1 aromatic carbocycles. The van der Waals surface area contributed by atoms with Crippen molar-refractivity contribution in [2.45, 2.75) is 38.6 Å². The Morgan fingerprint density at radius 1 is 1.37 bits per heavy atom. The summed E-state index contributed by atoms with van der Waals surface area (Å²) in [5.74, 6) is 0.761. The quantitative estimate of drug-likeness (QED) is 0.820. The molecule has 1 aliphatic carbocycles. The van der Waals surface area contributed by atoms with Crippen molar-refractivity contribution in [3.05, 3.63) is 28.8 Å². The van der Waals surface area contributed by atoms with Crippen molar-refractivity contribution < 1.29 is 14.3 Å². The third kappa shape index (κ3) is 3.07. The molecule has 1 unspecified atom stereocenters. The van der Waals surface area contributed by atoms with E-state index in [-0.39, 0.29) is 12.0 Å². The van der Waals surface area contributed by atoms with Gasteiger partial charge in [-0.15, -0.1) is 0 Å². The first-order valence-corrected chi connectivity index (χ1v) is 6.74. The number of esters is 1. The maximum Gasteiger partial charge on any atom is 0.306 e. The van der Waals surface area contributed by atoms with E-state index in [1.807, 2.05) is 19.1 Å². The first-order chi connectivity index (χ1) is 9.15. The molecule has 1 aromatic rings. The fourth-order valence-corrected chi connectivity index (χ4v) is 2.69. The molecule has 19 heavy (non-hydrogen) atoms. The van der Waals surface area contributed by atoms with Crippen molar-refractivity contribution in [1.29, 1.82) is 0 Å². The van der Waals surface area contributed by atoms with E-state index in [1.165, 1.54) is 16.7 Å². The molecule has 2 N–H and O–H groups in total. The molecular weight excluding hydrogens is 242 g/mol. The Balaban J connectivity index is 2.14. The van der Waals surface area contributed by atoms with Gasteiger partial charge in [0.2, 0.25) is 0 Å². The minimum absolute atomic E-state index is 0.144. The second-order valence-corrected chi connectivity index (χ2v) is 4.86.